The monoisotopic (exact) mass is 213 g/mol. The van der Waals surface area contributed by atoms with Gasteiger partial charge in [0.1, 0.15) is 0 Å². The first-order valence-electron chi connectivity index (χ1n) is 4.66. The zero-order valence-electron chi connectivity index (χ0n) is 7.73. The van der Waals surface area contributed by atoms with E-state index in [9.17, 15) is 0 Å². The number of anilines is 1. The molecule has 1 N–H and O–H groups in total. The van der Waals surface area contributed by atoms with Gasteiger partial charge in [0, 0.05) is 6.54 Å². The van der Waals surface area contributed by atoms with Crippen LogP contribution in [0.5, 0.6) is 0 Å². The average Bonchev–Trinajstić information content (AvgIpc) is 2.67. The molecule has 0 bridgehead atoms. The van der Waals surface area contributed by atoms with Crippen molar-refractivity contribution < 1.29 is 5.11 Å². The summed E-state index contributed by atoms with van der Waals surface area (Å²) in [4.78, 5) is 10.3. The van der Waals surface area contributed by atoms with Crippen LogP contribution in [0.25, 0.3) is 0 Å². The molecular weight excluding hydrogens is 202 g/mol. The molecule has 0 aromatic carbocycles. The second-order valence-electron chi connectivity index (χ2n) is 3.37. The molecule has 1 fully saturated rings. The Balaban J connectivity index is 2.17. The van der Waals surface area contributed by atoms with E-state index in [0.717, 1.165) is 19.4 Å². The topological polar surface area (TPSA) is 49.2 Å². The van der Waals surface area contributed by atoms with Crippen molar-refractivity contribution in [1.29, 1.82) is 0 Å². The van der Waals surface area contributed by atoms with Crippen molar-refractivity contribution in [2.75, 3.05) is 18.1 Å². The highest BCUT2D eigenvalue weighted by Crippen LogP contribution is 2.21. The SMILES string of the molecule is OCC1CCCN1c1ncc(Cl)cn1. The van der Waals surface area contributed by atoms with Crippen LogP contribution in [-0.4, -0.2) is 34.3 Å². The summed E-state index contributed by atoms with van der Waals surface area (Å²) >= 11 is 5.70. The van der Waals surface area contributed by atoms with E-state index in [1.54, 1.807) is 12.4 Å². The largest absolute Gasteiger partial charge is 0.394 e. The van der Waals surface area contributed by atoms with Gasteiger partial charge in [-0.25, -0.2) is 9.97 Å². The molecule has 4 nitrogen and oxygen atoms in total. The number of rotatable bonds is 2. The van der Waals surface area contributed by atoms with Gasteiger partial charge in [0.2, 0.25) is 5.95 Å². The maximum absolute atomic E-state index is 9.13. The van der Waals surface area contributed by atoms with Crippen LogP contribution in [0.2, 0.25) is 5.02 Å². The lowest BCUT2D eigenvalue weighted by atomic mass is 10.2. The van der Waals surface area contributed by atoms with Crippen molar-refractivity contribution >= 4 is 17.5 Å². The molecule has 0 saturated carbocycles. The average molecular weight is 214 g/mol. The van der Waals surface area contributed by atoms with Gasteiger partial charge < -0.3 is 10.0 Å². The Morgan fingerprint density at radius 3 is 2.86 bits per heavy atom. The van der Waals surface area contributed by atoms with Crippen molar-refractivity contribution in [2.24, 2.45) is 0 Å². The first-order valence-corrected chi connectivity index (χ1v) is 5.04. The molecule has 1 saturated heterocycles. The van der Waals surface area contributed by atoms with E-state index in [1.807, 2.05) is 4.90 Å². The fourth-order valence-electron chi connectivity index (χ4n) is 1.74. The van der Waals surface area contributed by atoms with Gasteiger partial charge >= 0.3 is 0 Å². The minimum atomic E-state index is 0.159. The summed E-state index contributed by atoms with van der Waals surface area (Å²) in [6.45, 7) is 1.07. The summed E-state index contributed by atoms with van der Waals surface area (Å²) in [7, 11) is 0. The van der Waals surface area contributed by atoms with Crippen molar-refractivity contribution in [1.82, 2.24) is 9.97 Å². The number of nitrogens with zero attached hydrogens (tertiary/aromatic N) is 3. The van der Waals surface area contributed by atoms with Crippen LogP contribution in [0.1, 0.15) is 12.8 Å². The number of hydrogen-bond acceptors (Lipinski definition) is 4. The second-order valence-corrected chi connectivity index (χ2v) is 3.81. The van der Waals surface area contributed by atoms with Gasteiger partial charge in [0.25, 0.3) is 0 Å². The molecule has 0 radical (unpaired) electrons. The van der Waals surface area contributed by atoms with Crippen LogP contribution in [0.3, 0.4) is 0 Å². The van der Waals surface area contributed by atoms with E-state index in [-0.39, 0.29) is 12.6 Å². The fourth-order valence-corrected chi connectivity index (χ4v) is 1.84. The van der Waals surface area contributed by atoms with Gasteiger partial charge in [-0.3, -0.25) is 0 Å². The van der Waals surface area contributed by atoms with Gasteiger partial charge in [-0.15, -0.1) is 0 Å². The van der Waals surface area contributed by atoms with Gasteiger partial charge in [-0.1, -0.05) is 11.6 Å². The first-order chi connectivity index (χ1) is 6.81. The predicted molar refractivity (Wildman–Crippen MR) is 54.5 cm³/mol. The Hall–Kier alpha value is -0.870. The highest BCUT2D eigenvalue weighted by atomic mass is 35.5. The number of aromatic nitrogens is 2. The van der Waals surface area contributed by atoms with E-state index >= 15 is 0 Å². The number of aliphatic hydroxyl groups excluding tert-OH is 1. The third kappa shape index (κ3) is 1.81. The molecule has 1 aromatic heterocycles. The third-order valence-electron chi connectivity index (χ3n) is 2.45. The van der Waals surface area contributed by atoms with E-state index in [0.29, 0.717) is 11.0 Å². The molecule has 0 aliphatic carbocycles. The quantitative estimate of drug-likeness (QED) is 0.799. The number of hydrogen-bond donors (Lipinski definition) is 1. The van der Waals surface area contributed by atoms with E-state index in [1.165, 1.54) is 0 Å². The zero-order chi connectivity index (χ0) is 9.97. The number of aliphatic hydroxyl groups is 1. The van der Waals surface area contributed by atoms with Crippen molar-refractivity contribution in [3.8, 4) is 0 Å². The highest BCUT2D eigenvalue weighted by molar-refractivity contribution is 6.30. The molecule has 1 aliphatic rings. The summed E-state index contributed by atoms with van der Waals surface area (Å²) in [5, 5.41) is 9.66. The van der Waals surface area contributed by atoms with E-state index in [4.69, 9.17) is 16.7 Å². The lowest BCUT2D eigenvalue weighted by Gasteiger charge is -2.22. The second kappa shape index (κ2) is 4.11. The van der Waals surface area contributed by atoms with E-state index in [2.05, 4.69) is 9.97 Å². The summed E-state index contributed by atoms with van der Waals surface area (Å²) in [5.41, 5.74) is 0. The molecular formula is C9H12ClN3O. The highest BCUT2D eigenvalue weighted by Gasteiger charge is 2.25. The Morgan fingerprint density at radius 2 is 2.21 bits per heavy atom. The van der Waals surface area contributed by atoms with Crippen molar-refractivity contribution in [2.45, 2.75) is 18.9 Å². The van der Waals surface area contributed by atoms with Crippen LogP contribution in [0, 0.1) is 0 Å². The molecule has 14 heavy (non-hydrogen) atoms. The van der Waals surface area contributed by atoms with Crippen molar-refractivity contribution in [3.63, 3.8) is 0 Å². The lowest BCUT2D eigenvalue weighted by molar-refractivity contribution is 0.265. The Bertz CT molecular complexity index is 303. The minimum absolute atomic E-state index is 0.159. The molecule has 76 valence electrons. The number of halogens is 1. The smallest absolute Gasteiger partial charge is 0.225 e. The Kier molecular flexibility index (Phi) is 2.84. The molecule has 5 heteroatoms. The minimum Gasteiger partial charge on any atom is -0.394 e. The maximum Gasteiger partial charge on any atom is 0.225 e. The Labute approximate surface area is 87.5 Å². The normalized spacial score (nSPS) is 21.6. The van der Waals surface area contributed by atoms with Gasteiger partial charge in [-0.05, 0) is 12.8 Å². The molecule has 0 spiro atoms. The lowest BCUT2D eigenvalue weighted by Crippen LogP contribution is -2.33. The van der Waals surface area contributed by atoms with Gasteiger partial charge in [-0.2, -0.15) is 0 Å². The summed E-state index contributed by atoms with van der Waals surface area (Å²) in [6, 6.07) is 0.163. The first kappa shape index (κ1) is 9.68. The van der Waals surface area contributed by atoms with Crippen LogP contribution < -0.4 is 4.90 Å². The molecule has 1 unspecified atom stereocenters. The Morgan fingerprint density at radius 1 is 1.50 bits per heavy atom. The van der Waals surface area contributed by atoms with Crippen LogP contribution in [0.4, 0.5) is 5.95 Å². The van der Waals surface area contributed by atoms with Gasteiger partial charge in [0.15, 0.2) is 0 Å². The van der Waals surface area contributed by atoms with Crippen molar-refractivity contribution in [3.05, 3.63) is 17.4 Å². The summed E-state index contributed by atoms with van der Waals surface area (Å²) in [6.07, 6.45) is 5.24. The van der Waals surface area contributed by atoms with Crippen LogP contribution in [-0.2, 0) is 0 Å². The third-order valence-corrected chi connectivity index (χ3v) is 2.65. The molecule has 2 rings (SSSR count). The molecule has 1 aromatic rings. The zero-order valence-corrected chi connectivity index (χ0v) is 8.48. The van der Waals surface area contributed by atoms with Crippen LogP contribution in [0.15, 0.2) is 12.4 Å². The molecule has 0 amide bonds. The predicted octanol–water partition coefficient (Wildman–Crippen LogP) is 1.09. The standard InChI is InChI=1S/C9H12ClN3O/c10-7-4-11-9(12-5-7)13-3-1-2-8(13)6-14/h4-5,8,14H,1-3,6H2. The fraction of sp³-hybridized carbons (Fsp3) is 0.556. The maximum atomic E-state index is 9.13. The van der Waals surface area contributed by atoms with Crippen LogP contribution >= 0.6 is 11.6 Å². The molecule has 1 atom stereocenters. The summed E-state index contributed by atoms with van der Waals surface area (Å²) in [5.74, 6) is 0.658. The van der Waals surface area contributed by atoms with Gasteiger partial charge in [0.05, 0.1) is 30.1 Å². The van der Waals surface area contributed by atoms with E-state index < -0.39 is 0 Å². The summed E-state index contributed by atoms with van der Waals surface area (Å²) < 4.78 is 0. The molecule has 1 aliphatic heterocycles. The molecule has 2 heterocycles.